The average molecular weight is 311 g/mol. The molecule has 4 heteroatoms. The third-order valence-corrected chi connectivity index (χ3v) is 4.72. The van der Waals surface area contributed by atoms with Crippen LogP contribution in [0.3, 0.4) is 0 Å². The molecule has 23 heavy (non-hydrogen) atoms. The molecule has 2 aromatic rings. The minimum absolute atomic E-state index is 0.0784. The summed E-state index contributed by atoms with van der Waals surface area (Å²) in [4.78, 5) is 11.6. The van der Waals surface area contributed by atoms with Crippen LogP contribution in [0.1, 0.15) is 22.3 Å². The third kappa shape index (κ3) is 2.70. The molecule has 0 aliphatic heterocycles. The number of methoxy groups -OCH3 is 1. The normalized spacial score (nSPS) is 15.0. The molecule has 3 rings (SSSR count). The minimum atomic E-state index is -0.655. The summed E-state index contributed by atoms with van der Waals surface area (Å²) in [5.74, 6) is 0. The molecule has 0 spiro atoms. The topological polar surface area (TPSA) is 58.6 Å². The van der Waals surface area contributed by atoms with Crippen molar-refractivity contribution in [2.75, 3.05) is 20.3 Å². The number of nitrogens with one attached hydrogen (secondary N) is 1. The first kappa shape index (κ1) is 15.6. The van der Waals surface area contributed by atoms with Crippen LogP contribution >= 0.6 is 0 Å². The number of aliphatic hydroxyl groups excluding tert-OH is 1. The summed E-state index contributed by atoms with van der Waals surface area (Å²) in [5.41, 5.74) is 3.92. The molecule has 2 N–H and O–H groups in total. The Morgan fingerprint density at radius 3 is 2.09 bits per heavy atom. The average Bonchev–Trinajstić information content (AvgIpc) is 2.75. The van der Waals surface area contributed by atoms with Crippen LogP contribution in [0.2, 0.25) is 0 Å². The third-order valence-electron chi connectivity index (χ3n) is 4.72. The zero-order valence-corrected chi connectivity index (χ0v) is 13.2. The van der Waals surface area contributed by atoms with E-state index in [1.807, 2.05) is 36.4 Å². The lowest BCUT2D eigenvalue weighted by Crippen LogP contribution is -2.45. The van der Waals surface area contributed by atoms with Gasteiger partial charge in [0.2, 0.25) is 0 Å². The maximum absolute atomic E-state index is 11.6. The Kier molecular flexibility index (Phi) is 4.35. The van der Waals surface area contributed by atoms with E-state index in [4.69, 9.17) is 4.74 Å². The van der Waals surface area contributed by atoms with Crippen molar-refractivity contribution in [1.29, 1.82) is 0 Å². The van der Waals surface area contributed by atoms with E-state index in [-0.39, 0.29) is 6.61 Å². The fourth-order valence-corrected chi connectivity index (χ4v) is 3.54. The van der Waals surface area contributed by atoms with Crippen molar-refractivity contribution < 1.29 is 14.6 Å². The van der Waals surface area contributed by atoms with E-state index in [0.29, 0.717) is 6.54 Å². The largest absolute Gasteiger partial charge is 0.453 e. The van der Waals surface area contributed by atoms with E-state index in [2.05, 4.69) is 17.4 Å². The van der Waals surface area contributed by atoms with E-state index in [1.54, 1.807) is 0 Å². The first-order chi connectivity index (χ1) is 11.2. The maximum Gasteiger partial charge on any atom is 0.406 e. The Bertz CT molecular complexity index is 664. The van der Waals surface area contributed by atoms with Gasteiger partial charge in [-0.2, -0.15) is 0 Å². The Hall–Kier alpha value is -2.33. The molecule has 0 saturated carbocycles. The number of fused-ring (bicyclic) bond motifs is 2. The molecular formula is C19H21NO3. The Balaban J connectivity index is 2.16. The number of rotatable bonds is 3. The van der Waals surface area contributed by atoms with E-state index >= 15 is 0 Å². The lowest BCUT2D eigenvalue weighted by atomic mass is 9.73. The van der Waals surface area contributed by atoms with Crippen LogP contribution in [0.4, 0.5) is 4.79 Å². The van der Waals surface area contributed by atoms with Crippen molar-refractivity contribution in [3.05, 3.63) is 70.8 Å². The van der Waals surface area contributed by atoms with Gasteiger partial charge < -0.3 is 15.2 Å². The smallest absolute Gasteiger partial charge is 0.406 e. The van der Waals surface area contributed by atoms with Crippen LogP contribution in [0, 0.1) is 0 Å². The number of ether oxygens (including phenoxy) is 1. The van der Waals surface area contributed by atoms with Gasteiger partial charge in [0.1, 0.15) is 0 Å². The molecule has 0 unspecified atom stereocenters. The predicted octanol–water partition coefficient (Wildman–Crippen LogP) is 2.42. The molecule has 1 amide bonds. The second kappa shape index (κ2) is 6.42. The molecule has 2 aromatic carbocycles. The second-order valence-corrected chi connectivity index (χ2v) is 5.90. The molecule has 0 aromatic heterocycles. The van der Waals surface area contributed by atoms with Crippen molar-refractivity contribution in [3.8, 4) is 0 Å². The fourth-order valence-electron chi connectivity index (χ4n) is 3.54. The van der Waals surface area contributed by atoms with Crippen LogP contribution in [0.5, 0.6) is 0 Å². The molecule has 0 bridgehead atoms. The number of carbonyl (C=O) groups is 1. The second-order valence-electron chi connectivity index (χ2n) is 5.90. The molecule has 0 atom stereocenters. The van der Waals surface area contributed by atoms with Gasteiger partial charge in [-0.05, 0) is 35.1 Å². The maximum atomic E-state index is 11.6. The van der Waals surface area contributed by atoms with Crippen LogP contribution in [0.15, 0.2) is 48.5 Å². The zero-order valence-electron chi connectivity index (χ0n) is 13.2. The van der Waals surface area contributed by atoms with Gasteiger partial charge in [0.25, 0.3) is 0 Å². The fraction of sp³-hybridized carbons (Fsp3) is 0.316. The number of benzene rings is 2. The SMILES string of the molecule is COC(=O)NCC1(CO)c2ccccc2CCc2ccccc21. The molecule has 0 radical (unpaired) electrons. The summed E-state index contributed by atoms with van der Waals surface area (Å²) in [7, 11) is 1.34. The van der Waals surface area contributed by atoms with Gasteiger partial charge in [-0.25, -0.2) is 4.79 Å². The lowest BCUT2D eigenvalue weighted by molar-refractivity contribution is 0.162. The van der Waals surface area contributed by atoms with E-state index in [0.717, 1.165) is 24.0 Å². The van der Waals surface area contributed by atoms with Crippen molar-refractivity contribution in [3.63, 3.8) is 0 Å². The zero-order chi connectivity index (χ0) is 16.3. The van der Waals surface area contributed by atoms with Gasteiger partial charge in [-0.1, -0.05) is 48.5 Å². The monoisotopic (exact) mass is 311 g/mol. The van der Waals surface area contributed by atoms with Gasteiger partial charge in [0, 0.05) is 6.54 Å². The molecule has 1 aliphatic carbocycles. The van der Waals surface area contributed by atoms with Gasteiger partial charge in [0.05, 0.1) is 19.1 Å². The van der Waals surface area contributed by atoms with Crippen molar-refractivity contribution in [2.24, 2.45) is 0 Å². The van der Waals surface area contributed by atoms with Crippen LogP contribution in [0.25, 0.3) is 0 Å². The summed E-state index contributed by atoms with van der Waals surface area (Å²) >= 11 is 0. The highest BCUT2D eigenvalue weighted by Crippen LogP contribution is 2.39. The molecule has 0 fully saturated rings. The minimum Gasteiger partial charge on any atom is -0.453 e. The van der Waals surface area contributed by atoms with E-state index in [9.17, 15) is 9.90 Å². The van der Waals surface area contributed by atoms with Crippen molar-refractivity contribution in [1.82, 2.24) is 5.32 Å². The molecule has 4 nitrogen and oxygen atoms in total. The van der Waals surface area contributed by atoms with Gasteiger partial charge in [-0.3, -0.25) is 0 Å². The first-order valence-electron chi connectivity index (χ1n) is 7.81. The summed E-state index contributed by atoms with van der Waals surface area (Å²) in [6.45, 7) is 0.217. The number of aliphatic hydroxyl groups is 1. The molecular weight excluding hydrogens is 290 g/mol. The summed E-state index contributed by atoms with van der Waals surface area (Å²) in [6.07, 6.45) is 1.36. The number of alkyl carbamates (subject to hydrolysis) is 1. The van der Waals surface area contributed by atoms with E-state index in [1.165, 1.54) is 18.2 Å². The highest BCUT2D eigenvalue weighted by Gasteiger charge is 2.39. The van der Waals surface area contributed by atoms with Gasteiger partial charge in [-0.15, -0.1) is 0 Å². The Morgan fingerprint density at radius 1 is 1.09 bits per heavy atom. The van der Waals surface area contributed by atoms with Crippen molar-refractivity contribution >= 4 is 6.09 Å². The van der Waals surface area contributed by atoms with Crippen molar-refractivity contribution in [2.45, 2.75) is 18.3 Å². The van der Waals surface area contributed by atoms with Gasteiger partial charge in [0.15, 0.2) is 0 Å². The highest BCUT2D eigenvalue weighted by molar-refractivity contribution is 5.67. The Labute approximate surface area is 136 Å². The van der Waals surface area contributed by atoms with Crippen LogP contribution < -0.4 is 5.32 Å². The summed E-state index contributed by atoms with van der Waals surface area (Å²) < 4.78 is 4.71. The summed E-state index contributed by atoms with van der Waals surface area (Å²) in [5, 5.41) is 13.1. The van der Waals surface area contributed by atoms with E-state index < -0.39 is 11.5 Å². The quantitative estimate of drug-likeness (QED) is 0.915. The Morgan fingerprint density at radius 2 is 1.61 bits per heavy atom. The number of hydrogen-bond donors (Lipinski definition) is 2. The summed E-state index contributed by atoms with van der Waals surface area (Å²) in [6, 6.07) is 16.3. The number of amides is 1. The molecule has 120 valence electrons. The molecule has 0 heterocycles. The molecule has 0 saturated heterocycles. The standard InChI is InChI=1S/C19H21NO3/c1-23-18(22)20-12-19(13-21)16-8-4-2-6-14(16)10-11-15-7-3-5-9-17(15)19/h2-9,21H,10-13H2,1H3,(H,20,22). The number of carbonyl (C=O) groups excluding carboxylic acids is 1. The number of aryl methyl sites for hydroxylation is 2. The van der Waals surface area contributed by atoms with Crippen LogP contribution in [-0.4, -0.2) is 31.5 Å². The molecule has 1 aliphatic rings. The number of hydrogen-bond acceptors (Lipinski definition) is 3. The highest BCUT2D eigenvalue weighted by atomic mass is 16.5. The lowest BCUT2D eigenvalue weighted by Gasteiger charge is -2.34. The van der Waals surface area contributed by atoms with Gasteiger partial charge >= 0.3 is 6.09 Å². The predicted molar refractivity (Wildman–Crippen MR) is 88.6 cm³/mol. The van der Waals surface area contributed by atoms with Crippen LogP contribution in [-0.2, 0) is 23.0 Å². The first-order valence-corrected chi connectivity index (χ1v) is 7.81.